The van der Waals surface area contributed by atoms with Crippen molar-refractivity contribution in [3.63, 3.8) is 0 Å². The molecule has 31 heavy (non-hydrogen) atoms. The van der Waals surface area contributed by atoms with Crippen LogP contribution in [0.15, 0.2) is 46.1 Å². The number of nitrogens with one attached hydrogen (secondary N) is 1. The molecule has 6 nitrogen and oxygen atoms in total. The molecule has 0 aliphatic heterocycles. The van der Waals surface area contributed by atoms with Crippen LogP contribution < -0.4 is 11.2 Å². The van der Waals surface area contributed by atoms with Crippen molar-refractivity contribution >= 4 is 5.78 Å². The highest BCUT2D eigenvalue weighted by molar-refractivity contribution is 5.93. The molecule has 2 aromatic carbocycles. The van der Waals surface area contributed by atoms with E-state index < -0.39 is 11.2 Å². The number of aromatic nitrogens is 3. The third-order valence-electron chi connectivity index (χ3n) is 6.44. The lowest BCUT2D eigenvalue weighted by atomic mass is 9.84. The molecule has 4 rings (SSSR count). The van der Waals surface area contributed by atoms with Gasteiger partial charge >= 0.3 is 5.69 Å². The van der Waals surface area contributed by atoms with E-state index in [1.807, 2.05) is 32.9 Å². The summed E-state index contributed by atoms with van der Waals surface area (Å²) in [6.45, 7) is 8.06. The van der Waals surface area contributed by atoms with Crippen LogP contribution in [0.2, 0.25) is 0 Å². The Kier molecular flexibility index (Phi) is 5.25. The van der Waals surface area contributed by atoms with E-state index in [1.165, 1.54) is 26.9 Å². The van der Waals surface area contributed by atoms with Crippen molar-refractivity contribution in [2.24, 2.45) is 0 Å². The molecule has 1 fully saturated rings. The molecule has 0 amide bonds. The van der Waals surface area contributed by atoms with Crippen LogP contribution in [0.1, 0.15) is 59.6 Å². The Hall–Kier alpha value is -3.28. The molecule has 0 unspecified atom stereocenters. The van der Waals surface area contributed by atoms with Crippen LogP contribution in [-0.2, 0) is 16.6 Å². The predicted octanol–water partition coefficient (Wildman–Crippen LogP) is 3.45. The summed E-state index contributed by atoms with van der Waals surface area (Å²) in [6.07, 6.45) is 4.30. The number of carbonyl (C=O) groups is 1. The summed E-state index contributed by atoms with van der Waals surface area (Å²) in [5, 5.41) is 3.95. The van der Waals surface area contributed by atoms with Crippen LogP contribution in [0, 0.1) is 20.8 Å². The van der Waals surface area contributed by atoms with Gasteiger partial charge in [0.25, 0.3) is 5.56 Å². The molecule has 0 radical (unpaired) electrons. The van der Waals surface area contributed by atoms with Gasteiger partial charge in [-0.15, -0.1) is 0 Å². The summed E-state index contributed by atoms with van der Waals surface area (Å²) < 4.78 is 1.20. The van der Waals surface area contributed by atoms with Crippen molar-refractivity contribution in [1.82, 2.24) is 14.8 Å². The van der Waals surface area contributed by atoms with E-state index in [-0.39, 0.29) is 5.41 Å². The van der Waals surface area contributed by atoms with E-state index >= 15 is 0 Å². The summed E-state index contributed by atoms with van der Waals surface area (Å²) in [5.41, 5.74) is 6.06. The lowest BCUT2D eigenvalue weighted by Gasteiger charge is -2.19. The second kappa shape index (κ2) is 7.76. The highest BCUT2D eigenvalue weighted by Gasteiger charge is 2.50. The number of hydrogen-bond donors (Lipinski definition) is 1. The zero-order valence-corrected chi connectivity index (χ0v) is 18.4. The van der Waals surface area contributed by atoms with Crippen LogP contribution in [0.5, 0.6) is 0 Å². The van der Waals surface area contributed by atoms with Gasteiger partial charge in [0.15, 0.2) is 0 Å². The minimum atomic E-state index is -0.558. The van der Waals surface area contributed by atoms with Gasteiger partial charge in [-0.25, -0.2) is 4.79 Å². The molecule has 0 bridgehead atoms. The second-order valence-electron chi connectivity index (χ2n) is 8.59. The Labute approximate surface area is 181 Å². The minimum Gasteiger partial charge on any atom is -0.299 e. The number of benzene rings is 2. The van der Waals surface area contributed by atoms with Gasteiger partial charge in [0.05, 0.1) is 11.1 Å². The zero-order valence-electron chi connectivity index (χ0n) is 18.4. The quantitative estimate of drug-likeness (QED) is 0.666. The van der Waals surface area contributed by atoms with Crippen LogP contribution in [0.4, 0.5) is 0 Å². The first-order valence-corrected chi connectivity index (χ1v) is 10.7. The highest BCUT2D eigenvalue weighted by atomic mass is 16.2. The molecule has 1 aromatic heterocycles. The normalized spacial score (nSPS) is 14.5. The number of H-pyrrole nitrogens is 1. The van der Waals surface area contributed by atoms with Gasteiger partial charge in [-0.05, 0) is 85.5 Å². The summed E-state index contributed by atoms with van der Waals surface area (Å²) in [7, 11) is 0. The van der Waals surface area contributed by atoms with Crippen molar-refractivity contribution in [3.8, 4) is 5.69 Å². The van der Waals surface area contributed by atoms with Crippen molar-refractivity contribution in [3.05, 3.63) is 90.7 Å². The molecule has 1 aliphatic rings. The first-order chi connectivity index (χ1) is 14.7. The number of rotatable bonds is 6. The van der Waals surface area contributed by atoms with E-state index in [0.717, 1.165) is 36.6 Å². The van der Waals surface area contributed by atoms with E-state index in [9.17, 15) is 14.4 Å². The van der Waals surface area contributed by atoms with Crippen LogP contribution in [-0.4, -0.2) is 20.5 Å². The number of carbonyl (C=O) groups excluding carboxylic acids is 1. The van der Waals surface area contributed by atoms with Gasteiger partial charge in [-0.3, -0.25) is 14.6 Å². The average Bonchev–Trinajstić information content (AvgIpc) is 3.53. The third kappa shape index (κ3) is 3.78. The first-order valence-electron chi connectivity index (χ1n) is 10.7. The molecule has 6 heteroatoms. The first kappa shape index (κ1) is 21.0. The summed E-state index contributed by atoms with van der Waals surface area (Å²) in [6, 6.07) is 10.3. The number of aromatic amines is 1. The van der Waals surface area contributed by atoms with Gasteiger partial charge in [0.2, 0.25) is 0 Å². The van der Waals surface area contributed by atoms with Crippen LogP contribution in [0.3, 0.4) is 0 Å². The topological polar surface area (TPSA) is 84.8 Å². The maximum absolute atomic E-state index is 12.6. The molecule has 160 valence electrons. The van der Waals surface area contributed by atoms with Gasteiger partial charge in [0, 0.05) is 6.42 Å². The molecule has 3 aromatic rings. The van der Waals surface area contributed by atoms with Crippen molar-refractivity contribution < 1.29 is 4.79 Å². The fraction of sp³-hybridized carbons (Fsp3) is 0.360. The molecule has 1 saturated carbocycles. The molecule has 1 heterocycles. The van der Waals surface area contributed by atoms with E-state index in [4.69, 9.17) is 0 Å². The standard InChI is InChI=1S/C25H27N3O3/c1-5-22(29)25(8-9-25)21-13-18(7-6-15(21)2)12-20-16(3)10-19(11-17(20)4)28-24(31)27-23(30)14-26-28/h6-7,10-11,13-14H,5,8-9,12H2,1-4H3,(H,27,30,31). The smallest absolute Gasteiger partial charge is 0.299 e. The summed E-state index contributed by atoms with van der Waals surface area (Å²) >= 11 is 0. The Morgan fingerprint density at radius 3 is 2.32 bits per heavy atom. The Morgan fingerprint density at radius 2 is 1.74 bits per heavy atom. The molecular weight excluding hydrogens is 390 g/mol. The number of aryl methyl sites for hydroxylation is 3. The van der Waals surface area contributed by atoms with Gasteiger partial charge in [-0.1, -0.05) is 25.1 Å². The minimum absolute atomic E-state index is 0.278. The van der Waals surface area contributed by atoms with Gasteiger partial charge in [-0.2, -0.15) is 9.78 Å². The number of ketones is 1. The molecule has 1 aliphatic carbocycles. The summed E-state index contributed by atoms with van der Waals surface area (Å²) in [4.78, 5) is 38.2. The summed E-state index contributed by atoms with van der Waals surface area (Å²) in [5.74, 6) is 0.336. The molecule has 0 saturated heterocycles. The third-order valence-corrected chi connectivity index (χ3v) is 6.44. The Balaban J connectivity index is 1.69. The van der Waals surface area contributed by atoms with Crippen LogP contribution >= 0.6 is 0 Å². The number of Topliss-reactive ketones (excluding diaryl/α,β-unsaturated/α-hetero) is 1. The van der Waals surface area contributed by atoms with Crippen LogP contribution in [0.25, 0.3) is 5.69 Å². The predicted molar refractivity (Wildman–Crippen MR) is 120 cm³/mol. The highest BCUT2D eigenvalue weighted by Crippen LogP contribution is 2.51. The maximum atomic E-state index is 12.6. The van der Waals surface area contributed by atoms with Crippen molar-refractivity contribution in [1.29, 1.82) is 0 Å². The number of hydrogen-bond acceptors (Lipinski definition) is 4. The average molecular weight is 418 g/mol. The molecule has 0 spiro atoms. The SMILES string of the molecule is CCC(=O)C1(c2cc(Cc3c(C)cc(-n4ncc(=O)[nH]c4=O)cc3C)ccc2C)CC1. The van der Waals surface area contributed by atoms with E-state index in [0.29, 0.717) is 17.9 Å². The fourth-order valence-corrected chi connectivity index (χ4v) is 4.57. The monoisotopic (exact) mass is 417 g/mol. The fourth-order valence-electron chi connectivity index (χ4n) is 4.57. The lowest BCUT2D eigenvalue weighted by Crippen LogP contribution is -2.30. The second-order valence-corrected chi connectivity index (χ2v) is 8.59. The molecule has 1 N–H and O–H groups in total. The molecule has 0 atom stereocenters. The van der Waals surface area contributed by atoms with E-state index in [1.54, 1.807) is 0 Å². The Morgan fingerprint density at radius 1 is 1.06 bits per heavy atom. The van der Waals surface area contributed by atoms with Crippen molar-refractivity contribution in [2.75, 3.05) is 0 Å². The molecular formula is C25H27N3O3. The Bertz CT molecular complexity index is 1270. The lowest BCUT2D eigenvalue weighted by molar-refractivity contribution is -0.121. The van der Waals surface area contributed by atoms with Crippen molar-refractivity contribution in [2.45, 2.75) is 58.8 Å². The van der Waals surface area contributed by atoms with Gasteiger partial charge < -0.3 is 0 Å². The largest absolute Gasteiger partial charge is 0.349 e. The zero-order chi connectivity index (χ0) is 22.3. The van der Waals surface area contributed by atoms with Gasteiger partial charge in [0.1, 0.15) is 12.0 Å². The van der Waals surface area contributed by atoms with E-state index in [2.05, 4.69) is 35.2 Å². The number of nitrogens with zero attached hydrogens (tertiary/aromatic N) is 2. The maximum Gasteiger partial charge on any atom is 0.349 e.